The summed E-state index contributed by atoms with van der Waals surface area (Å²) in [5, 5.41) is 11.9. The lowest BCUT2D eigenvalue weighted by atomic mass is 9.84. The van der Waals surface area contributed by atoms with Crippen LogP contribution < -0.4 is 5.32 Å². The minimum absolute atomic E-state index is 0.381. The number of piperidine rings is 1. The van der Waals surface area contributed by atoms with E-state index in [2.05, 4.69) is 17.5 Å². The standard InChI is InChI=1S/C10H13NO2/c12-10(13)9-5-7-3-1-2-4-8(7)6-11-9/h1-3,8-9,11H,4-6H2,(H,12,13). The molecule has 1 fully saturated rings. The number of hydrogen-bond donors (Lipinski definition) is 2. The van der Waals surface area contributed by atoms with E-state index in [9.17, 15) is 4.79 Å². The van der Waals surface area contributed by atoms with Crippen LogP contribution in [0, 0.1) is 5.92 Å². The lowest BCUT2D eigenvalue weighted by Crippen LogP contribution is -2.45. The molecule has 1 heterocycles. The van der Waals surface area contributed by atoms with Gasteiger partial charge in [0.25, 0.3) is 0 Å². The van der Waals surface area contributed by atoms with Gasteiger partial charge in [-0.05, 0) is 18.8 Å². The van der Waals surface area contributed by atoms with Crippen LogP contribution in [0.2, 0.25) is 0 Å². The summed E-state index contributed by atoms with van der Waals surface area (Å²) in [4.78, 5) is 10.7. The normalized spacial score (nSPS) is 32.2. The first kappa shape index (κ1) is 8.51. The van der Waals surface area contributed by atoms with Gasteiger partial charge >= 0.3 is 5.97 Å². The van der Waals surface area contributed by atoms with E-state index in [1.165, 1.54) is 5.57 Å². The Kier molecular flexibility index (Phi) is 2.19. The summed E-state index contributed by atoms with van der Waals surface area (Å²) in [6.45, 7) is 0.799. The molecule has 2 unspecified atom stereocenters. The van der Waals surface area contributed by atoms with Crippen LogP contribution in [0.1, 0.15) is 12.8 Å². The second-order valence-electron chi connectivity index (χ2n) is 3.61. The van der Waals surface area contributed by atoms with Crippen molar-refractivity contribution in [3.63, 3.8) is 0 Å². The molecule has 0 spiro atoms. The molecule has 0 aromatic heterocycles. The van der Waals surface area contributed by atoms with Gasteiger partial charge in [-0.15, -0.1) is 0 Å². The van der Waals surface area contributed by atoms with Gasteiger partial charge in [0.15, 0.2) is 0 Å². The summed E-state index contributed by atoms with van der Waals surface area (Å²) < 4.78 is 0. The molecule has 0 amide bonds. The van der Waals surface area contributed by atoms with Gasteiger partial charge in [0.2, 0.25) is 0 Å². The van der Waals surface area contributed by atoms with Crippen LogP contribution in [-0.4, -0.2) is 23.7 Å². The average Bonchev–Trinajstić information content (AvgIpc) is 2.17. The Bertz CT molecular complexity index is 281. The van der Waals surface area contributed by atoms with Crippen LogP contribution in [0.4, 0.5) is 0 Å². The van der Waals surface area contributed by atoms with Crippen molar-refractivity contribution in [3.05, 3.63) is 23.8 Å². The smallest absolute Gasteiger partial charge is 0.321 e. The van der Waals surface area contributed by atoms with E-state index in [0.717, 1.165) is 13.0 Å². The van der Waals surface area contributed by atoms with Crippen molar-refractivity contribution in [2.75, 3.05) is 6.54 Å². The van der Waals surface area contributed by atoms with E-state index < -0.39 is 5.97 Å². The molecule has 2 rings (SSSR count). The fourth-order valence-corrected chi connectivity index (χ4v) is 1.94. The van der Waals surface area contributed by atoms with Gasteiger partial charge in [-0.25, -0.2) is 0 Å². The second kappa shape index (κ2) is 3.34. The van der Waals surface area contributed by atoms with Gasteiger partial charge in [0, 0.05) is 6.54 Å². The van der Waals surface area contributed by atoms with Crippen molar-refractivity contribution in [1.82, 2.24) is 5.32 Å². The zero-order chi connectivity index (χ0) is 9.26. The van der Waals surface area contributed by atoms with E-state index in [4.69, 9.17) is 5.11 Å². The summed E-state index contributed by atoms with van der Waals surface area (Å²) in [5.41, 5.74) is 1.29. The number of nitrogens with one attached hydrogen (secondary N) is 1. The molecule has 2 N–H and O–H groups in total. The summed E-state index contributed by atoms with van der Waals surface area (Å²) in [6, 6.07) is -0.381. The predicted molar refractivity (Wildman–Crippen MR) is 49.4 cm³/mol. The van der Waals surface area contributed by atoms with Crippen molar-refractivity contribution in [1.29, 1.82) is 0 Å². The maximum absolute atomic E-state index is 10.7. The highest BCUT2D eigenvalue weighted by atomic mass is 16.4. The number of carbonyl (C=O) groups is 1. The topological polar surface area (TPSA) is 49.3 Å². The Morgan fingerprint density at radius 1 is 1.62 bits per heavy atom. The molecule has 0 bridgehead atoms. The average molecular weight is 179 g/mol. The summed E-state index contributed by atoms with van der Waals surface area (Å²) in [6.07, 6.45) is 7.92. The molecular formula is C10H13NO2. The van der Waals surface area contributed by atoms with Crippen LogP contribution in [0.25, 0.3) is 0 Å². The Balaban J connectivity index is 2.09. The van der Waals surface area contributed by atoms with Crippen LogP contribution in [0.15, 0.2) is 23.8 Å². The Morgan fingerprint density at radius 3 is 3.23 bits per heavy atom. The Morgan fingerprint density at radius 2 is 2.46 bits per heavy atom. The van der Waals surface area contributed by atoms with Gasteiger partial charge in [-0.2, -0.15) is 0 Å². The highest BCUT2D eigenvalue weighted by molar-refractivity contribution is 5.74. The number of aliphatic carboxylic acids is 1. The first-order chi connectivity index (χ1) is 6.27. The van der Waals surface area contributed by atoms with Crippen LogP contribution in [0.5, 0.6) is 0 Å². The lowest BCUT2D eigenvalue weighted by molar-refractivity contribution is -0.139. The molecule has 2 atom stereocenters. The fourth-order valence-electron chi connectivity index (χ4n) is 1.94. The van der Waals surface area contributed by atoms with E-state index in [1.54, 1.807) is 0 Å². The van der Waals surface area contributed by atoms with Gasteiger partial charge in [0.05, 0.1) is 0 Å². The number of carboxylic acids is 1. The third-order valence-electron chi connectivity index (χ3n) is 2.74. The van der Waals surface area contributed by atoms with Crippen molar-refractivity contribution in [2.24, 2.45) is 5.92 Å². The Labute approximate surface area is 77.1 Å². The SMILES string of the molecule is O=C(O)C1CC2=CC=CCC2CN1. The molecule has 0 aromatic rings. The number of hydrogen-bond acceptors (Lipinski definition) is 2. The molecule has 1 aliphatic carbocycles. The van der Waals surface area contributed by atoms with Gasteiger partial charge in [-0.1, -0.05) is 23.8 Å². The maximum Gasteiger partial charge on any atom is 0.321 e. The Hall–Kier alpha value is -1.09. The minimum atomic E-state index is -0.742. The van der Waals surface area contributed by atoms with E-state index in [0.29, 0.717) is 12.3 Å². The zero-order valence-corrected chi connectivity index (χ0v) is 7.36. The number of rotatable bonds is 1. The summed E-state index contributed by atoms with van der Waals surface area (Å²) >= 11 is 0. The molecule has 0 saturated carbocycles. The van der Waals surface area contributed by atoms with E-state index in [-0.39, 0.29) is 6.04 Å². The summed E-state index contributed by atoms with van der Waals surface area (Å²) in [7, 11) is 0. The van der Waals surface area contributed by atoms with E-state index in [1.807, 2.05) is 6.08 Å². The third-order valence-corrected chi connectivity index (χ3v) is 2.74. The molecular weight excluding hydrogens is 166 g/mol. The van der Waals surface area contributed by atoms with Gasteiger partial charge in [-0.3, -0.25) is 4.79 Å². The van der Waals surface area contributed by atoms with E-state index >= 15 is 0 Å². The molecule has 2 aliphatic rings. The molecule has 3 heteroatoms. The van der Waals surface area contributed by atoms with Crippen LogP contribution >= 0.6 is 0 Å². The van der Waals surface area contributed by atoms with Gasteiger partial charge in [0.1, 0.15) is 6.04 Å². The van der Waals surface area contributed by atoms with Crippen LogP contribution in [-0.2, 0) is 4.79 Å². The van der Waals surface area contributed by atoms with Crippen molar-refractivity contribution < 1.29 is 9.90 Å². The largest absolute Gasteiger partial charge is 0.480 e. The van der Waals surface area contributed by atoms with Crippen molar-refractivity contribution in [3.8, 4) is 0 Å². The molecule has 13 heavy (non-hydrogen) atoms. The molecule has 0 radical (unpaired) electrons. The number of carboxylic acid groups (broad SMARTS) is 1. The maximum atomic E-state index is 10.7. The molecule has 70 valence electrons. The van der Waals surface area contributed by atoms with Crippen molar-refractivity contribution in [2.45, 2.75) is 18.9 Å². The summed E-state index contributed by atoms with van der Waals surface area (Å²) in [5.74, 6) is -0.213. The number of allylic oxidation sites excluding steroid dienone is 3. The molecule has 1 saturated heterocycles. The highest BCUT2D eigenvalue weighted by Gasteiger charge is 2.28. The van der Waals surface area contributed by atoms with Crippen LogP contribution in [0.3, 0.4) is 0 Å². The second-order valence-corrected chi connectivity index (χ2v) is 3.61. The highest BCUT2D eigenvalue weighted by Crippen LogP contribution is 2.27. The minimum Gasteiger partial charge on any atom is -0.480 e. The monoisotopic (exact) mass is 179 g/mol. The third kappa shape index (κ3) is 1.65. The zero-order valence-electron chi connectivity index (χ0n) is 7.36. The molecule has 1 aliphatic heterocycles. The molecule has 3 nitrogen and oxygen atoms in total. The van der Waals surface area contributed by atoms with Crippen molar-refractivity contribution >= 4 is 5.97 Å². The quantitative estimate of drug-likeness (QED) is 0.629. The fraction of sp³-hybridized carbons (Fsp3) is 0.500. The predicted octanol–water partition coefficient (Wildman–Crippen LogP) is 0.935. The van der Waals surface area contributed by atoms with Gasteiger partial charge < -0.3 is 10.4 Å². The first-order valence-electron chi connectivity index (χ1n) is 4.59. The first-order valence-corrected chi connectivity index (χ1v) is 4.59. The molecule has 0 aromatic carbocycles. The lowest BCUT2D eigenvalue weighted by Gasteiger charge is -2.31. The number of fused-ring (bicyclic) bond motifs is 1.